The summed E-state index contributed by atoms with van der Waals surface area (Å²) in [4.78, 5) is 24.5. The second-order valence-electron chi connectivity index (χ2n) is 11.1. The van der Waals surface area contributed by atoms with Crippen molar-refractivity contribution in [2.75, 3.05) is 32.1 Å². The highest BCUT2D eigenvalue weighted by atomic mass is 32.1. The predicted molar refractivity (Wildman–Crippen MR) is 132 cm³/mol. The third kappa shape index (κ3) is 9.24. The van der Waals surface area contributed by atoms with E-state index >= 15 is 0 Å². The molecule has 0 aromatic heterocycles. The summed E-state index contributed by atoms with van der Waals surface area (Å²) >= 11 is 4.19. The molecule has 2 N–H and O–H groups in total. The van der Waals surface area contributed by atoms with Gasteiger partial charge in [-0.3, -0.25) is 9.36 Å². The molecule has 1 heterocycles. The highest BCUT2D eigenvalue weighted by Crippen LogP contribution is 2.62. The third-order valence-corrected chi connectivity index (χ3v) is 8.73. The molecule has 0 spiro atoms. The molecule has 2 amide bonds. The smallest absolute Gasteiger partial charge is 0.407 e. The van der Waals surface area contributed by atoms with Crippen LogP contribution in [0.3, 0.4) is 0 Å². The second-order valence-corrected chi connectivity index (χ2v) is 14.7. The minimum Gasteiger partial charge on any atom is -0.449 e. The first-order chi connectivity index (χ1) is 14.6. The predicted octanol–water partition coefficient (Wildman–Crippen LogP) is 4.30. The molecule has 0 radical (unpaired) electrons. The summed E-state index contributed by atoms with van der Waals surface area (Å²) in [6.45, 7) is 17.8. The lowest BCUT2D eigenvalue weighted by atomic mass is 9.99. The molecule has 0 aromatic rings. The summed E-state index contributed by atoms with van der Waals surface area (Å²) in [7, 11) is -3.06. The van der Waals surface area contributed by atoms with E-state index in [1.165, 1.54) is 0 Å². The largest absolute Gasteiger partial charge is 0.449 e. The number of nitrogens with one attached hydrogen (secondary N) is 2. The average Bonchev–Trinajstić information content (AvgIpc) is 2.67. The van der Waals surface area contributed by atoms with Gasteiger partial charge in [0.1, 0.15) is 6.04 Å². The quantitative estimate of drug-likeness (QED) is 0.327. The normalized spacial score (nSPS) is 19.3. The molecule has 188 valence electrons. The average molecular weight is 494 g/mol. The van der Waals surface area contributed by atoms with E-state index < -0.39 is 24.8 Å². The van der Waals surface area contributed by atoms with Crippen LogP contribution in [0.1, 0.15) is 68.2 Å². The lowest BCUT2D eigenvalue weighted by Crippen LogP contribution is -2.53. The Labute approximate surface area is 199 Å². The highest BCUT2D eigenvalue weighted by molar-refractivity contribution is 7.80. The van der Waals surface area contributed by atoms with Crippen LogP contribution in [0.5, 0.6) is 0 Å². The van der Waals surface area contributed by atoms with Crippen molar-refractivity contribution in [1.82, 2.24) is 15.3 Å². The summed E-state index contributed by atoms with van der Waals surface area (Å²) in [5.41, 5.74) is -0.0849. The molecule has 0 aliphatic carbocycles. The highest BCUT2D eigenvalue weighted by Gasteiger charge is 2.45. The molecule has 1 unspecified atom stereocenters. The molecule has 1 rings (SSSR count). The number of alkyl carbamates (subject to hydrolysis) is 1. The van der Waals surface area contributed by atoms with Crippen molar-refractivity contribution in [2.24, 2.45) is 11.3 Å². The molecular formula is C22H44N3O5PS. The Morgan fingerprint density at radius 3 is 2.12 bits per heavy atom. The number of thiol groups is 1. The minimum absolute atomic E-state index is 0.0642. The first-order valence-corrected chi connectivity index (χ1v) is 13.6. The Hall–Kier alpha value is -0.760. The van der Waals surface area contributed by atoms with Gasteiger partial charge >= 0.3 is 6.09 Å². The molecule has 0 bridgehead atoms. The molecular weight excluding hydrogens is 449 g/mol. The van der Waals surface area contributed by atoms with Crippen molar-refractivity contribution >= 4 is 32.1 Å². The van der Waals surface area contributed by atoms with Crippen LogP contribution >= 0.6 is 20.1 Å². The van der Waals surface area contributed by atoms with Gasteiger partial charge in [0.2, 0.25) is 5.91 Å². The standard InChI is InChI=1S/C22H44N3O5PS/c1-16(2)13-29-20(27)24-18(14-32)19(26)23-17-9-11-25(12-10-17)31(28,22(6,7)8)30-15-21(3,4)5/h16-18,32H,9-15H2,1-8H3,(H,23,26)(H,24,27)/t18-,31?/m0/s1. The Bertz CT molecular complexity index is 667. The number of piperidine rings is 1. The Kier molecular flexibility index (Phi) is 11.1. The zero-order valence-electron chi connectivity index (χ0n) is 21.1. The number of amides is 2. The van der Waals surface area contributed by atoms with Crippen molar-refractivity contribution in [3.8, 4) is 0 Å². The fourth-order valence-corrected chi connectivity index (χ4v) is 6.15. The fraction of sp³-hybridized carbons (Fsp3) is 0.909. The summed E-state index contributed by atoms with van der Waals surface area (Å²) in [5.74, 6) is 0.0926. The van der Waals surface area contributed by atoms with Gasteiger partial charge in [0.05, 0.1) is 18.4 Å². The van der Waals surface area contributed by atoms with Gasteiger partial charge in [-0.15, -0.1) is 0 Å². The summed E-state index contributed by atoms with van der Waals surface area (Å²) in [6, 6.07) is -0.836. The van der Waals surface area contributed by atoms with E-state index in [0.717, 1.165) is 0 Å². The Morgan fingerprint density at radius 1 is 1.12 bits per heavy atom. The monoisotopic (exact) mass is 493 g/mol. The zero-order valence-corrected chi connectivity index (χ0v) is 22.9. The van der Waals surface area contributed by atoms with E-state index in [-0.39, 0.29) is 35.6 Å². The molecule has 2 atom stereocenters. The summed E-state index contributed by atoms with van der Waals surface area (Å²) < 4.78 is 27.0. The van der Waals surface area contributed by atoms with E-state index in [1.54, 1.807) is 0 Å². The van der Waals surface area contributed by atoms with E-state index in [9.17, 15) is 14.2 Å². The minimum atomic E-state index is -3.06. The van der Waals surface area contributed by atoms with Gasteiger partial charge in [-0.1, -0.05) is 34.6 Å². The van der Waals surface area contributed by atoms with Crippen LogP contribution < -0.4 is 10.6 Å². The number of rotatable bonds is 9. The maximum atomic E-state index is 13.9. The Morgan fingerprint density at radius 2 is 1.69 bits per heavy atom. The number of ether oxygens (including phenoxy) is 1. The van der Waals surface area contributed by atoms with Gasteiger partial charge in [0, 0.05) is 24.9 Å². The maximum Gasteiger partial charge on any atom is 0.407 e. The van der Waals surface area contributed by atoms with E-state index in [2.05, 4.69) is 44.0 Å². The first kappa shape index (κ1) is 29.3. The number of hydrogen-bond donors (Lipinski definition) is 3. The summed E-state index contributed by atoms with van der Waals surface area (Å²) in [5, 5.41) is 5.05. The Balaban J connectivity index is 2.67. The molecule has 0 aromatic carbocycles. The number of hydrogen-bond acceptors (Lipinski definition) is 6. The molecule has 32 heavy (non-hydrogen) atoms. The first-order valence-electron chi connectivity index (χ1n) is 11.4. The SMILES string of the molecule is CC(C)COC(=O)N[C@@H](CS)C(=O)NC1CCN(P(=O)(OCC(C)(C)C)C(C)(C)C)CC1. The number of carbonyl (C=O) groups is 2. The lowest BCUT2D eigenvalue weighted by molar-refractivity contribution is -0.123. The third-order valence-electron chi connectivity index (χ3n) is 5.05. The van der Waals surface area contributed by atoms with Crippen LogP contribution in [0.25, 0.3) is 0 Å². The van der Waals surface area contributed by atoms with E-state index in [4.69, 9.17) is 9.26 Å². The molecule has 0 saturated carbocycles. The van der Waals surface area contributed by atoms with Crippen molar-refractivity contribution in [3.63, 3.8) is 0 Å². The van der Waals surface area contributed by atoms with Crippen molar-refractivity contribution in [1.29, 1.82) is 0 Å². The van der Waals surface area contributed by atoms with Crippen LogP contribution in [0.15, 0.2) is 0 Å². The van der Waals surface area contributed by atoms with Crippen LogP contribution in [-0.4, -0.2) is 66.0 Å². The topological polar surface area (TPSA) is 97.0 Å². The molecule has 1 aliphatic heterocycles. The molecule has 1 aliphatic rings. The second kappa shape index (κ2) is 12.1. The van der Waals surface area contributed by atoms with E-state index in [0.29, 0.717) is 32.5 Å². The number of nitrogens with zero attached hydrogens (tertiary/aromatic N) is 1. The summed E-state index contributed by atoms with van der Waals surface area (Å²) in [6.07, 6.45) is 0.689. The van der Waals surface area contributed by atoms with Gasteiger partial charge in [-0.05, 0) is 44.9 Å². The maximum absolute atomic E-state index is 13.9. The van der Waals surface area contributed by atoms with Crippen LogP contribution in [0.4, 0.5) is 4.79 Å². The van der Waals surface area contributed by atoms with Crippen molar-refractivity contribution in [3.05, 3.63) is 0 Å². The molecule has 1 saturated heterocycles. The van der Waals surface area contributed by atoms with Gasteiger partial charge in [-0.2, -0.15) is 12.6 Å². The molecule has 10 heteroatoms. The van der Waals surface area contributed by atoms with Crippen LogP contribution in [0, 0.1) is 11.3 Å². The fourth-order valence-electron chi connectivity index (χ4n) is 3.18. The van der Waals surface area contributed by atoms with Gasteiger partial charge in [-0.25, -0.2) is 9.46 Å². The molecule has 1 fully saturated rings. The van der Waals surface area contributed by atoms with Crippen LogP contribution in [-0.2, 0) is 18.6 Å². The zero-order chi connectivity index (χ0) is 24.7. The van der Waals surface area contributed by atoms with Crippen molar-refractivity contribution in [2.45, 2.75) is 85.5 Å². The van der Waals surface area contributed by atoms with E-state index in [1.807, 2.05) is 39.3 Å². The lowest BCUT2D eigenvalue weighted by Gasteiger charge is -2.43. The molecule has 8 nitrogen and oxygen atoms in total. The van der Waals surface area contributed by atoms with Gasteiger partial charge in [0.15, 0.2) is 0 Å². The van der Waals surface area contributed by atoms with Crippen LogP contribution in [0.2, 0.25) is 0 Å². The van der Waals surface area contributed by atoms with Gasteiger partial charge in [0.25, 0.3) is 7.52 Å². The van der Waals surface area contributed by atoms with Crippen molar-refractivity contribution < 1.29 is 23.4 Å². The van der Waals surface area contributed by atoms with Gasteiger partial charge < -0.3 is 19.9 Å². The number of carbonyl (C=O) groups excluding carboxylic acids is 2.